The molecule has 3 aromatic carbocycles. The number of rotatable bonds is 2. The maximum absolute atomic E-state index is 9.84. The minimum Gasteiger partial charge on any atom is -0.355 e. The number of benzene rings is 3. The Balaban J connectivity index is 1.26. The molecular formula is C30H25N5. The maximum Gasteiger partial charge on any atom is 0.157 e. The van der Waals surface area contributed by atoms with Crippen LogP contribution in [0.1, 0.15) is 28.3 Å². The molecule has 2 aliphatic rings. The van der Waals surface area contributed by atoms with Gasteiger partial charge >= 0.3 is 0 Å². The van der Waals surface area contributed by atoms with Crippen LogP contribution in [0.15, 0.2) is 78.9 Å². The lowest BCUT2D eigenvalue weighted by Crippen LogP contribution is -2.48. The number of aryl methyl sites for hydroxylation is 1. The quantitative estimate of drug-likeness (QED) is 0.350. The van der Waals surface area contributed by atoms with Crippen LogP contribution in [-0.2, 0) is 0 Å². The molecule has 0 unspecified atom stereocenters. The highest BCUT2D eigenvalue weighted by Gasteiger charge is 2.34. The predicted octanol–water partition coefficient (Wildman–Crippen LogP) is 5.56. The fraction of sp³-hybridized carbons (Fsp3) is 0.200. The summed E-state index contributed by atoms with van der Waals surface area (Å²) in [7, 11) is 0. The van der Waals surface area contributed by atoms with Gasteiger partial charge in [-0.25, -0.2) is 4.98 Å². The predicted molar refractivity (Wildman–Crippen MR) is 140 cm³/mol. The van der Waals surface area contributed by atoms with Crippen LogP contribution in [0.5, 0.6) is 0 Å². The van der Waals surface area contributed by atoms with Gasteiger partial charge in [-0.1, -0.05) is 60.7 Å². The van der Waals surface area contributed by atoms with Crippen molar-refractivity contribution in [3.05, 3.63) is 101 Å². The van der Waals surface area contributed by atoms with E-state index in [4.69, 9.17) is 4.98 Å². The molecule has 0 radical (unpaired) electrons. The molecule has 0 amide bonds. The summed E-state index contributed by atoms with van der Waals surface area (Å²) in [4.78, 5) is 9.92. The fourth-order valence-corrected chi connectivity index (χ4v) is 6.03. The molecule has 1 saturated heterocycles. The molecule has 0 saturated carbocycles. The van der Waals surface area contributed by atoms with E-state index in [2.05, 4.69) is 80.9 Å². The van der Waals surface area contributed by atoms with E-state index < -0.39 is 0 Å². The Kier molecular flexibility index (Phi) is 4.45. The number of hydrogen-bond donors (Lipinski definition) is 0. The average molecular weight is 456 g/mol. The van der Waals surface area contributed by atoms with Crippen molar-refractivity contribution in [2.24, 2.45) is 0 Å². The molecule has 7 rings (SSSR count). The molecular weight excluding hydrogens is 430 g/mol. The van der Waals surface area contributed by atoms with Gasteiger partial charge in [-0.05, 0) is 52.9 Å². The Morgan fingerprint density at radius 1 is 0.829 bits per heavy atom. The highest BCUT2D eigenvalue weighted by atomic mass is 15.3. The second kappa shape index (κ2) is 7.69. The molecule has 2 aromatic heterocycles. The van der Waals surface area contributed by atoms with E-state index >= 15 is 0 Å². The van der Waals surface area contributed by atoms with Gasteiger partial charge in [0.25, 0.3) is 0 Å². The number of anilines is 1. The van der Waals surface area contributed by atoms with Crippen molar-refractivity contribution in [2.45, 2.75) is 13.0 Å². The highest BCUT2D eigenvalue weighted by Crippen LogP contribution is 2.46. The van der Waals surface area contributed by atoms with Gasteiger partial charge in [0.1, 0.15) is 11.9 Å². The summed E-state index contributed by atoms with van der Waals surface area (Å²) in [5.41, 5.74) is 9.93. The van der Waals surface area contributed by atoms with Gasteiger partial charge in [0.2, 0.25) is 0 Å². The normalized spacial score (nSPS) is 15.9. The molecule has 35 heavy (non-hydrogen) atoms. The van der Waals surface area contributed by atoms with Gasteiger partial charge in [-0.15, -0.1) is 0 Å². The number of hydrogen-bond acceptors (Lipinski definition) is 4. The zero-order chi connectivity index (χ0) is 23.5. The third-order valence-electron chi connectivity index (χ3n) is 7.67. The largest absolute Gasteiger partial charge is 0.355 e. The standard InChI is InChI=1S/C30H25N5/c1-20-18-28(35-27-13-7-6-12-26(27)32-30(35)25(20)19-31)33-14-16-34(17-15-33)29-23-10-4-2-8-21(23)22-9-3-5-11-24(22)29/h2-13,18,29H,14-17H2,1H3. The van der Waals surface area contributed by atoms with E-state index in [9.17, 15) is 5.26 Å². The first-order chi connectivity index (χ1) is 17.2. The van der Waals surface area contributed by atoms with Crippen LogP contribution < -0.4 is 4.90 Å². The number of para-hydroxylation sites is 2. The average Bonchev–Trinajstić information content (AvgIpc) is 3.45. The van der Waals surface area contributed by atoms with Crippen LogP contribution in [-0.4, -0.2) is 40.5 Å². The molecule has 1 fully saturated rings. The van der Waals surface area contributed by atoms with Gasteiger partial charge in [0.15, 0.2) is 5.65 Å². The molecule has 0 atom stereocenters. The van der Waals surface area contributed by atoms with Gasteiger partial charge < -0.3 is 4.90 Å². The van der Waals surface area contributed by atoms with Gasteiger partial charge in [0, 0.05) is 26.2 Å². The molecule has 5 nitrogen and oxygen atoms in total. The first kappa shape index (κ1) is 20.3. The Labute approximate surface area is 204 Å². The van der Waals surface area contributed by atoms with Gasteiger partial charge in [-0.2, -0.15) is 5.26 Å². The number of aromatic nitrogens is 2. The summed E-state index contributed by atoms with van der Waals surface area (Å²) in [6.07, 6.45) is 0. The molecule has 3 heterocycles. The minimum atomic E-state index is 0.307. The molecule has 170 valence electrons. The van der Waals surface area contributed by atoms with E-state index in [1.54, 1.807) is 0 Å². The van der Waals surface area contributed by atoms with E-state index in [-0.39, 0.29) is 0 Å². The van der Waals surface area contributed by atoms with E-state index in [0.717, 1.165) is 54.2 Å². The van der Waals surface area contributed by atoms with Crippen LogP contribution >= 0.6 is 0 Å². The molecule has 0 spiro atoms. The summed E-state index contributed by atoms with van der Waals surface area (Å²) in [5.74, 6) is 1.12. The lowest BCUT2D eigenvalue weighted by atomic mass is 10.0. The molecule has 1 aliphatic carbocycles. The number of imidazole rings is 1. The molecule has 0 N–H and O–H groups in total. The summed E-state index contributed by atoms with van der Waals surface area (Å²) in [5, 5.41) is 9.84. The summed E-state index contributed by atoms with van der Waals surface area (Å²) in [6.45, 7) is 5.81. The number of fused-ring (bicyclic) bond motifs is 6. The van der Waals surface area contributed by atoms with Gasteiger partial charge in [0.05, 0.1) is 22.6 Å². The summed E-state index contributed by atoms with van der Waals surface area (Å²) in [6, 6.07) is 30.7. The molecule has 0 bridgehead atoms. The first-order valence-electron chi connectivity index (χ1n) is 12.2. The van der Waals surface area contributed by atoms with Crippen LogP contribution in [0.4, 0.5) is 5.82 Å². The van der Waals surface area contributed by atoms with Gasteiger partial charge in [-0.3, -0.25) is 9.30 Å². The van der Waals surface area contributed by atoms with Crippen molar-refractivity contribution >= 4 is 22.5 Å². The second-order valence-corrected chi connectivity index (χ2v) is 9.53. The lowest BCUT2D eigenvalue weighted by molar-refractivity contribution is 0.215. The molecule has 1 aliphatic heterocycles. The van der Waals surface area contributed by atoms with Crippen molar-refractivity contribution in [3.8, 4) is 17.2 Å². The third kappa shape index (κ3) is 2.94. The zero-order valence-corrected chi connectivity index (χ0v) is 19.6. The number of piperazine rings is 1. The number of nitrogens with zero attached hydrogens (tertiary/aromatic N) is 5. The third-order valence-corrected chi connectivity index (χ3v) is 7.67. The van der Waals surface area contributed by atoms with Crippen LogP contribution in [0.25, 0.3) is 27.8 Å². The highest BCUT2D eigenvalue weighted by molar-refractivity contribution is 5.85. The SMILES string of the molecule is Cc1cc(N2CCN(C3c4ccccc4-c4ccccc43)CC2)n2c(nc3ccccc32)c1C#N. The monoisotopic (exact) mass is 455 g/mol. The Morgan fingerprint density at radius 3 is 2.14 bits per heavy atom. The lowest BCUT2D eigenvalue weighted by Gasteiger charge is -2.40. The van der Waals surface area contributed by atoms with Crippen LogP contribution in [0.3, 0.4) is 0 Å². The van der Waals surface area contributed by atoms with E-state index in [0.29, 0.717) is 11.6 Å². The van der Waals surface area contributed by atoms with E-state index in [1.165, 1.54) is 22.3 Å². The number of nitriles is 1. The Hall–Kier alpha value is -4.14. The fourth-order valence-electron chi connectivity index (χ4n) is 6.03. The van der Waals surface area contributed by atoms with Crippen molar-refractivity contribution in [2.75, 3.05) is 31.1 Å². The first-order valence-corrected chi connectivity index (χ1v) is 12.2. The zero-order valence-electron chi connectivity index (χ0n) is 19.6. The second-order valence-electron chi connectivity index (χ2n) is 9.53. The van der Waals surface area contributed by atoms with E-state index in [1.807, 2.05) is 25.1 Å². The Morgan fingerprint density at radius 2 is 1.46 bits per heavy atom. The van der Waals surface area contributed by atoms with Crippen molar-refractivity contribution in [1.82, 2.24) is 14.3 Å². The molecule has 5 heteroatoms. The molecule has 5 aromatic rings. The van der Waals surface area contributed by atoms with Crippen molar-refractivity contribution < 1.29 is 0 Å². The van der Waals surface area contributed by atoms with Crippen LogP contribution in [0, 0.1) is 18.3 Å². The minimum absolute atomic E-state index is 0.307. The van der Waals surface area contributed by atoms with Crippen LogP contribution in [0.2, 0.25) is 0 Å². The Bertz CT molecular complexity index is 1600. The summed E-state index contributed by atoms with van der Waals surface area (Å²) >= 11 is 0. The van der Waals surface area contributed by atoms with Crippen molar-refractivity contribution in [3.63, 3.8) is 0 Å². The maximum atomic E-state index is 9.84. The smallest absolute Gasteiger partial charge is 0.157 e. The summed E-state index contributed by atoms with van der Waals surface area (Å²) < 4.78 is 2.18. The number of pyridine rings is 1. The topological polar surface area (TPSA) is 47.6 Å². The van der Waals surface area contributed by atoms with Crippen molar-refractivity contribution in [1.29, 1.82) is 5.26 Å².